The van der Waals surface area contributed by atoms with E-state index in [-0.39, 0.29) is 5.41 Å². The van der Waals surface area contributed by atoms with Crippen molar-refractivity contribution in [3.05, 3.63) is 22.7 Å². The van der Waals surface area contributed by atoms with Crippen molar-refractivity contribution in [3.8, 4) is 11.5 Å². The molecule has 0 atom stereocenters. The van der Waals surface area contributed by atoms with Crippen LogP contribution < -0.4 is 15.0 Å². The number of hydroxylamine groups is 1. The highest BCUT2D eigenvalue weighted by molar-refractivity contribution is 6.31. The monoisotopic (exact) mass is 269 g/mol. The van der Waals surface area contributed by atoms with E-state index in [1.54, 1.807) is 7.11 Å². The van der Waals surface area contributed by atoms with Gasteiger partial charge in [-0.1, -0.05) is 11.6 Å². The number of rotatable bonds is 3. The Bertz CT molecular complexity index is 460. The summed E-state index contributed by atoms with van der Waals surface area (Å²) in [6.45, 7) is 2.00. The summed E-state index contributed by atoms with van der Waals surface area (Å²) >= 11 is 6.21. The van der Waals surface area contributed by atoms with Crippen molar-refractivity contribution in [1.29, 1.82) is 0 Å². The lowest BCUT2D eigenvalue weighted by atomic mass is 10.1. The Kier molecular flexibility index (Phi) is 3.09. The lowest BCUT2D eigenvalue weighted by Gasteiger charge is -2.11. The van der Waals surface area contributed by atoms with E-state index in [4.69, 9.17) is 25.9 Å². The molecule has 0 bridgehead atoms. The van der Waals surface area contributed by atoms with Crippen molar-refractivity contribution in [2.24, 2.45) is 5.41 Å². The summed E-state index contributed by atoms with van der Waals surface area (Å²) in [6, 6.07) is 3.75. The van der Waals surface area contributed by atoms with E-state index in [9.17, 15) is 0 Å². The average Bonchev–Trinajstić information content (AvgIpc) is 3.16. The highest BCUT2D eigenvalue weighted by Gasteiger charge is 2.46. The van der Waals surface area contributed by atoms with Gasteiger partial charge in [0.15, 0.2) is 11.5 Å². The first-order valence-corrected chi connectivity index (χ1v) is 6.44. The van der Waals surface area contributed by atoms with E-state index in [0.717, 1.165) is 30.3 Å². The summed E-state index contributed by atoms with van der Waals surface area (Å²) in [6.07, 6.45) is 2.37. The van der Waals surface area contributed by atoms with Gasteiger partial charge < -0.3 is 14.3 Å². The fourth-order valence-electron chi connectivity index (χ4n) is 2.06. The summed E-state index contributed by atoms with van der Waals surface area (Å²) in [4.78, 5) is 4.83. The Hall–Kier alpha value is -0.970. The topological polar surface area (TPSA) is 39.7 Å². The maximum Gasteiger partial charge on any atom is 0.162 e. The molecule has 0 radical (unpaired) electrons. The minimum Gasteiger partial charge on any atom is -0.489 e. The van der Waals surface area contributed by atoms with Gasteiger partial charge in [-0.25, -0.2) is 0 Å². The van der Waals surface area contributed by atoms with Gasteiger partial charge in [-0.3, -0.25) is 0 Å². The zero-order valence-corrected chi connectivity index (χ0v) is 11.0. The molecule has 1 aliphatic heterocycles. The highest BCUT2D eigenvalue weighted by atomic mass is 35.5. The third kappa shape index (κ3) is 2.28. The van der Waals surface area contributed by atoms with Crippen LogP contribution in [0.4, 0.5) is 0 Å². The van der Waals surface area contributed by atoms with Gasteiger partial charge in [0.2, 0.25) is 0 Å². The molecule has 2 aliphatic rings. The summed E-state index contributed by atoms with van der Waals surface area (Å²) in [5, 5.41) is 0.661. The Morgan fingerprint density at radius 1 is 1.28 bits per heavy atom. The molecular weight excluding hydrogens is 254 g/mol. The van der Waals surface area contributed by atoms with Crippen LogP contribution in [0.1, 0.15) is 18.4 Å². The molecule has 1 saturated carbocycles. The molecule has 98 valence electrons. The first-order valence-electron chi connectivity index (χ1n) is 6.06. The summed E-state index contributed by atoms with van der Waals surface area (Å²) in [7, 11) is 1.58. The van der Waals surface area contributed by atoms with Crippen molar-refractivity contribution in [2.75, 3.05) is 20.3 Å². The van der Waals surface area contributed by atoms with Crippen molar-refractivity contribution >= 4 is 11.6 Å². The third-order valence-electron chi connectivity index (χ3n) is 3.54. The van der Waals surface area contributed by atoms with Gasteiger partial charge in [0.1, 0.15) is 0 Å². The van der Waals surface area contributed by atoms with Gasteiger partial charge >= 0.3 is 0 Å². The van der Waals surface area contributed by atoms with Gasteiger partial charge in [0, 0.05) is 23.0 Å². The number of ether oxygens (including phenoxy) is 2. The van der Waals surface area contributed by atoms with Crippen LogP contribution >= 0.6 is 11.6 Å². The van der Waals surface area contributed by atoms with E-state index >= 15 is 0 Å². The maximum absolute atomic E-state index is 6.21. The van der Waals surface area contributed by atoms with Crippen LogP contribution in [0.5, 0.6) is 11.5 Å². The standard InChI is InChI=1S/C13H16ClNO3/c1-16-15-6-9-4-11-12(5-10(9)14)18-8-13(2-3-13)7-17-11/h4-5,15H,2-3,6-8H2,1H3. The van der Waals surface area contributed by atoms with Crippen LogP contribution in [0.15, 0.2) is 12.1 Å². The number of fused-ring (bicyclic) bond motifs is 1. The van der Waals surface area contributed by atoms with Crippen molar-refractivity contribution in [2.45, 2.75) is 19.4 Å². The molecule has 1 aliphatic carbocycles. The molecule has 0 unspecified atom stereocenters. The zero-order valence-electron chi connectivity index (χ0n) is 10.3. The predicted molar refractivity (Wildman–Crippen MR) is 68.0 cm³/mol. The highest BCUT2D eigenvalue weighted by Crippen LogP contribution is 2.49. The molecule has 0 aromatic heterocycles. The van der Waals surface area contributed by atoms with Gasteiger partial charge in [0.05, 0.1) is 20.3 Å². The second-order valence-corrected chi connectivity index (χ2v) is 5.40. The first kappa shape index (κ1) is 12.1. The number of hydrogen-bond acceptors (Lipinski definition) is 4. The van der Waals surface area contributed by atoms with Gasteiger partial charge in [-0.15, -0.1) is 0 Å². The fourth-order valence-corrected chi connectivity index (χ4v) is 2.28. The van der Waals surface area contributed by atoms with Crippen LogP contribution in [0.3, 0.4) is 0 Å². The normalized spacial score (nSPS) is 19.7. The number of hydrogen-bond donors (Lipinski definition) is 1. The van der Waals surface area contributed by atoms with Crippen LogP contribution in [-0.2, 0) is 11.4 Å². The largest absolute Gasteiger partial charge is 0.489 e. The van der Waals surface area contributed by atoms with Crippen LogP contribution in [0.2, 0.25) is 5.02 Å². The van der Waals surface area contributed by atoms with Gasteiger partial charge in [-0.05, 0) is 24.5 Å². The van der Waals surface area contributed by atoms with Crippen molar-refractivity contribution in [1.82, 2.24) is 5.48 Å². The van der Waals surface area contributed by atoms with E-state index in [0.29, 0.717) is 11.6 Å². The zero-order chi connectivity index (χ0) is 12.6. The summed E-state index contributed by atoms with van der Waals surface area (Å²) < 4.78 is 11.7. The Morgan fingerprint density at radius 2 is 1.94 bits per heavy atom. The molecule has 1 spiro atoms. The molecular formula is C13H16ClNO3. The smallest absolute Gasteiger partial charge is 0.162 e. The van der Waals surface area contributed by atoms with Crippen LogP contribution in [-0.4, -0.2) is 20.3 Å². The molecule has 3 rings (SSSR count). The average molecular weight is 270 g/mol. The number of nitrogens with one attached hydrogen (secondary N) is 1. The molecule has 1 fully saturated rings. The number of benzene rings is 1. The minimum absolute atomic E-state index is 0.246. The lowest BCUT2D eigenvalue weighted by Crippen LogP contribution is -2.17. The Balaban J connectivity index is 1.83. The summed E-state index contributed by atoms with van der Waals surface area (Å²) in [5.74, 6) is 1.51. The quantitative estimate of drug-likeness (QED) is 0.856. The van der Waals surface area contributed by atoms with E-state index in [1.165, 1.54) is 12.8 Å². The SMILES string of the molecule is CONCc1cc2c(cc1Cl)OCC1(CC1)CO2. The molecule has 1 aromatic rings. The van der Waals surface area contributed by atoms with Crippen molar-refractivity contribution in [3.63, 3.8) is 0 Å². The molecule has 5 heteroatoms. The van der Waals surface area contributed by atoms with E-state index < -0.39 is 0 Å². The molecule has 0 amide bonds. The van der Waals surface area contributed by atoms with E-state index in [1.807, 2.05) is 12.1 Å². The predicted octanol–water partition coefficient (Wildman–Crippen LogP) is 2.54. The third-order valence-corrected chi connectivity index (χ3v) is 3.90. The van der Waals surface area contributed by atoms with Crippen molar-refractivity contribution < 1.29 is 14.3 Å². The lowest BCUT2D eigenvalue weighted by molar-refractivity contribution is 0.0866. The first-order chi connectivity index (χ1) is 8.72. The summed E-state index contributed by atoms with van der Waals surface area (Å²) in [5.41, 5.74) is 3.96. The second kappa shape index (κ2) is 4.61. The molecule has 18 heavy (non-hydrogen) atoms. The fraction of sp³-hybridized carbons (Fsp3) is 0.538. The van der Waals surface area contributed by atoms with Gasteiger partial charge in [0.25, 0.3) is 0 Å². The molecule has 1 heterocycles. The van der Waals surface area contributed by atoms with Crippen LogP contribution in [0.25, 0.3) is 0 Å². The molecule has 1 aromatic carbocycles. The second-order valence-electron chi connectivity index (χ2n) is 4.99. The number of halogens is 1. The minimum atomic E-state index is 0.246. The molecule has 1 N–H and O–H groups in total. The Labute approximate surface area is 111 Å². The Morgan fingerprint density at radius 3 is 2.56 bits per heavy atom. The van der Waals surface area contributed by atoms with E-state index in [2.05, 4.69) is 5.48 Å². The maximum atomic E-state index is 6.21. The van der Waals surface area contributed by atoms with Gasteiger partial charge in [-0.2, -0.15) is 5.48 Å². The van der Waals surface area contributed by atoms with Crippen LogP contribution in [0, 0.1) is 5.41 Å². The molecule has 0 saturated heterocycles. The molecule has 4 nitrogen and oxygen atoms in total.